The Hall–Kier alpha value is -2.77. The van der Waals surface area contributed by atoms with Crippen LogP contribution in [0.2, 0.25) is 0 Å². The number of hydrogen-bond acceptors (Lipinski definition) is 3. The van der Waals surface area contributed by atoms with Crippen molar-refractivity contribution in [2.75, 3.05) is 10.6 Å². The molecule has 0 saturated heterocycles. The number of nitrogens with zero attached hydrogens (tertiary/aromatic N) is 1. The van der Waals surface area contributed by atoms with Gasteiger partial charge in [-0.1, -0.05) is 0 Å². The van der Waals surface area contributed by atoms with Crippen LogP contribution in [0.1, 0.15) is 13.8 Å². The maximum atomic E-state index is 13.6. The minimum Gasteiger partial charge on any atom is -0.352 e. The van der Waals surface area contributed by atoms with Gasteiger partial charge in [0, 0.05) is 6.04 Å². The molecule has 2 amide bonds. The van der Waals surface area contributed by atoms with Gasteiger partial charge in [0.15, 0.2) is 17.5 Å². The summed E-state index contributed by atoms with van der Waals surface area (Å²) in [6.07, 6.45) is 1.33. The second kappa shape index (κ2) is 6.99. The molecular formula is C15H15F3N4O. The van der Waals surface area contributed by atoms with Crippen LogP contribution in [0.25, 0.3) is 0 Å². The van der Waals surface area contributed by atoms with Crippen LogP contribution in [-0.4, -0.2) is 17.1 Å². The first-order valence-corrected chi connectivity index (χ1v) is 6.81. The van der Waals surface area contributed by atoms with E-state index in [-0.39, 0.29) is 11.7 Å². The molecule has 2 aromatic rings. The minimum absolute atomic E-state index is 0.0210. The largest absolute Gasteiger partial charge is 0.352 e. The van der Waals surface area contributed by atoms with Crippen LogP contribution in [-0.2, 0) is 0 Å². The van der Waals surface area contributed by atoms with Crippen LogP contribution in [0.5, 0.6) is 0 Å². The number of pyridine rings is 1. The van der Waals surface area contributed by atoms with Crippen LogP contribution in [0.4, 0.5) is 35.2 Å². The lowest BCUT2D eigenvalue weighted by atomic mass is 10.2. The van der Waals surface area contributed by atoms with Gasteiger partial charge >= 0.3 is 6.03 Å². The van der Waals surface area contributed by atoms with E-state index in [1.807, 2.05) is 13.8 Å². The number of nitrogens with one attached hydrogen (secondary N) is 3. The van der Waals surface area contributed by atoms with Crippen molar-refractivity contribution in [3.05, 3.63) is 47.9 Å². The summed E-state index contributed by atoms with van der Waals surface area (Å²) in [5, 5.41) is 7.73. The molecule has 3 N–H and O–H groups in total. The van der Waals surface area contributed by atoms with Gasteiger partial charge < -0.3 is 10.6 Å². The maximum absolute atomic E-state index is 13.6. The predicted molar refractivity (Wildman–Crippen MR) is 81.1 cm³/mol. The molecule has 1 aromatic carbocycles. The summed E-state index contributed by atoms with van der Waals surface area (Å²) in [5.74, 6) is -3.84. The van der Waals surface area contributed by atoms with Crippen molar-refractivity contribution in [3.8, 4) is 0 Å². The van der Waals surface area contributed by atoms with E-state index in [1.54, 1.807) is 0 Å². The van der Waals surface area contributed by atoms with E-state index in [0.29, 0.717) is 11.5 Å². The summed E-state index contributed by atoms with van der Waals surface area (Å²) in [4.78, 5) is 15.5. The van der Waals surface area contributed by atoms with Crippen molar-refractivity contribution in [3.63, 3.8) is 0 Å². The normalized spacial score (nSPS) is 10.5. The van der Waals surface area contributed by atoms with Crippen LogP contribution >= 0.6 is 0 Å². The molecule has 0 aliphatic heterocycles. The Morgan fingerprint density at radius 3 is 2.43 bits per heavy atom. The standard InChI is InChI=1S/C15H15F3N4O/c1-8(2)20-15(23)22-12-6-3-9(7-19-12)21-11-5-4-10(16)13(17)14(11)18/h3-8,21H,1-2H3,(H2,19,20,22,23). The Morgan fingerprint density at radius 2 is 1.83 bits per heavy atom. The molecule has 8 heteroatoms. The van der Waals surface area contributed by atoms with E-state index >= 15 is 0 Å². The van der Waals surface area contributed by atoms with Crippen molar-refractivity contribution in [1.29, 1.82) is 0 Å². The molecule has 2 rings (SSSR count). The van der Waals surface area contributed by atoms with Crippen molar-refractivity contribution in [2.24, 2.45) is 0 Å². The van der Waals surface area contributed by atoms with E-state index in [0.717, 1.165) is 12.1 Å². The smallest absolute Gasteiger partial charge is 0.320 e. The zero-order valence-corrected chi connectivity index (χ0v) is 12.5. The zero-order chi connectivity index (χ0) is 17.0. The van der Waals surface area contributed by atoms with Crippen LogP contribution in [0.3, 0.4) is 0 Å². The Kier molecular flexibility index (Phi) is 5.05. The highest BCUT2D eigenvalue weighted by molar-refractivity contribution is 5.88. The third kappa shape index (κ3) is 4.35. The van der Waals surface area contributed by atoms with E-state index < -0.39 is 23.5 Å². The second-order valence-corrected chi connectivity index (χ2v) is 5.03. The van der Waals surface area contributed by atoms with Crippen molar-refractivity contribution in [1.82, 2.24) is 10.3 Å². The number of anilines is 3. The molecule has 0 bridgehead atoms. The Balaban J connectivity index is 2.06. The van der Waals surface area contributed by atoms with Gasteiger partial charge in [-0.05, 0) is 38.1 Å². The van der Waals surface area contributed by atoms with Gasteiger partial charge in [-0.15, -0.1) is 0 Å². The molecule has 0 atom stereocenters. The first-order chi connectivity index (χ1) is 10.9. The average Bonchev–Trinajstić information content (AvgIpc) is 2.49. The number of carbonyl (C=O) groups is 1. The van der Waals surface area contributed by atoms with Gasteiger partial charge in [-0.2, -0.15) is 0 Å². The molecule has 122 valence electrons. The highest BCUT2D eigenvalue weighted by Gasteiger charge is 2.13. The Morgan fingerprint density at radius 1 is 1.09 bits per heavy atom. The quantitative estimate of drug-likeness (QED) is 0.750. The van der Waals surface area contributed by atoms with Gasteiger partial charge in [-0.3, -0.25) is 5.32 Å². The number of carbonyl (C=O) groups excluding carboxylic acids is 1. The predicted octanol–water partition coefficient (Wildman–Crippen LogP) is 3.77. The third-order valence-electron chi connectivity index (χ3n) is 2.74. The van der Waals surface area contributed by atoms with Gasteiger partial charge in [0.1, 0.15) is 5.82 Å². The highest BCUT2D eigenvalue weighted by atomic mass is 19.2. The third-order valence-corrected chi connectivity index (χ3v) is 2.74. The minimum atomic E-state index is -1.55. The lowest BCUT2D eigenvalue weighted by Gasteiger charge is -2.11. The summed E-state index contributed by atoms with van der Waals surface area (Å²) in [6, 6.07) is 4.47. The number of amides is 2. The summed E-state index contributed by atoms with van der Waals surface area (Å²) in [7, 11) is 0. The Labute approximate surface area is 130 Å². The number of halogens is 3. The van der Waals surface area contributed by atoms with Crippen LogP contribution in [0, 0.1) is 17.5 Å². The van der Waals surface area contributed by atoms with Gasteiger partial charge in [0.05, 0.1) is 17.6 Å². The molecular weight excluding hydrogens is 309 g/mol. The van der Waals surface area contributed by atoms with Crippen LogP contribution < -0.4 is 16.0 Å². The fraction of sp³-hybridized carbons (Fsp3) is 0.200. The molecule has 0 radical (unpaired) electrons. The maximum Gasteiger partial charge on any atom is 0.320 e. The lowest BCUT2D eigenvalue weighted by Crippen LogP contribution is -2.34. The molecule has 0 spiro atoms. The second-order valence-electron chi connectivity index (χ2n) is 5.03. The first-order valence-electron chi connectivity index (χ1n) is 6.81. The van der Waals surface area contributed by atoms with Crippen molar-refractivity contribution in [2.45, 2.75) is 19.9 Å². The SMILES string of the molecule is CC(C)NC(=O)Nc1ccc(Nc2ccc(F)c(F)c2F)cn1. The van der Waals surface area contributed by atoms with Crippen molar-refractivity contribution < 1.29 is 18.0 Å². The Bertz CT molecular complexity index is 705. The monoisotopic (exact) mass is 324 g/mol. The summed E-state index contributed by atoms with van der Waals surface area (Å²) >= 11 is 0. The molecule has 23 heavy (non-hydrogen) atoms. The molecule has 5 nitrogen and oxygen atoms in total. The molecule has 0 aliphatic rings. The van der Waals surface area contributed by atoms with Crippen molar-refractivity contribution >= 4 is 23.2 Å². The topological polar surface area (TPSA) is 66.1 Å². The molecule has 0 fully saturated rings. The van der Waals surface area contributed by atoms with E-state index in [2.05, 4.69) is 20.9 Å². The zero-order valence-electron chi connectivity index (χ0n) is 12.5. The fourth-order valence-corrected chi connectivity index (χ4v) is 1.73. The number of aromatic nitrogens is 1. The molecule has 0 saturated carbocycles. The number of rotatable bonds is 4. The van der Waals surface area contributed by atoms with Gasteiger partial charge in [-0.25, -0.2) is 22.9 Å². The lowest BCUT2D eigenvalue weighted by molar-refractivity contribution is 0.250. The fourth-order valence-electron chi connectivity index (χ4n) is 1.73. The number of benzene rings is 1. The summed E-state index contributed by atoms with van der Waals surface area (Å²) in [5.41, 5.74) is 0.133. The van der Waals surface area contributed by atoms with Gasteiger partial charge in [0.25, 0.3) is 0 Å². The van der Waals surface area contributed by atoms with Crippen LogP contribution in [0.15, 0.2) is 30.5 Å². The van der Waals surface area contributed by atoms with Gasteiger partial charge in [0.2, 0.25) is 0 Å². The average molecular weight is 324 g/mol. The highest BCUT2D eigenvalue weighted by Crippen LogP contribution is 2.23. The van der Waals surface area contributed by atoms with E-state index in [1.165, 1.54) is 18.3 Å². The number of hydrogen-bond donors (Lipinski definition) is 3. The number of urea groups is 1. The first kappa shape index (κ1) is 16.6. The molecule has 1 heterocycles. The summed E-state index contributed by atoms with van der Waals surface area (Å²) in [6.45, 7) is 3.63. The van der Waals surface area contributed by atoms with E-state index in [9.17, 15) is 18.0 Å². The molecule has 0 aliphatic carbocycles. The van der Waals surface area contributed by atoms with E-state index in [4.69, 9.17) is 0 Å². The molecule has 0 unspecified atom stereocenters. The molecule has 1 aromatic heterocycles. The summed E-state index contributed by atoms with van der Waals surface area (Å²) < 4.78 is 39.6.